The summed E-state index contributed by atoms with van der Waals surface area (Å²) in [6.07, 6.45) is 3.09. The van der Waals surface area contributed by atoms with Crippen LogP contribution < -0.4 is 4.74 Å². The van der Waals surface area contributed by atoms with E-state index in [9.17, 15) is 0 Å². The van der Waals surface area contributed by atoms with E-state index >= 15 is 0 Å². The second-order valence-corrected chi connectivity index (χ2v) is 5.23. The Bertz CT molecular complexity index is 348. The van der Waals surface area contributed by atoms with Crippen LogP contribution in [-0.4, -0.2) is 17.6 Å². The summed E-state index contributed by atoms with van der Waals surface area (Å²) in [5.74, 6) is 1.42. The first-order valence-electron chi connectivity index (χ1n) is 6.12. The van der Waals surface area contributed by atoms with E-state index in [1.54, 1.807) is 7.11 Å². The van der Waals surface area contributed by atoms with Crippen molar-refractivity contribution in [2.45, 2.75) is 26.1 Å². The van der Waals surface area contributed by atoms with Crippen LogP contribution in [0.2, 0.25) is 0 Å². The highest BCUT2D eigenvalue weighted by molar-refractivity contribution is 14.1. The molecule has 0 saturated heterocycles. The van der Waals surface area contributed by atoms with Crippen LogP contribution in [0.25, 0.3) is 0 Å². The molecule has 2 atom stereocenters. The van der Waals surface area contributed by atoms with Crippen LogP contribution in [0.5, 0.6) is 5.75 Å². The van der Waals surface area contributed by atoms with Gasteiger partial charge in [-0.1, -0.05) is 47.7 Å². The lowest BCUT2D eigenvalue weighted by Gasteiger charge is -2.21. The summed E-state index contributed by atoms with van der Waals surface area (Å²) in [5.41, 5.74) is 1.17. The van der Waals surface area contributed by atoms with Crippen LogP contribution in [0, 0.1) is 5.92 Å². The zero-order chi connectivity index (χ0) is 13.4. The average Bonchev–Trinajstić information content (AvgIpc) is 2.43. The summed E-state index contributed by atoms with van der Waals surface area (Å²) in [4.78, 5) is 0. The van der Waals surface area contributed by atoms with Gasteiger partial charge in [0.25, 0.3) is 0 Å². The summed E-state index contributed by atoms with van der Waals surface area (Å²) < 4.78 is 12.2. The van der Waals surface area contributed by atoms with Gasteiger partial charge in [0.2, 0.25) is 0 Å². The van der Waals surface area contributed by atoms with Crippen molar-refractivity contribution in [2.75, 3.05) is 11.5 Å². The van der Waals surface area contributed by atoms with Gasteiger partial charge in [-0.15, -0.1) is 6.58 Å². The molecule has 0 radical (unpaired) electrons. The van der Waals surface area contributed by atoms with Gasteiger partial charge in [0, 0.05) is 4.43 Å². The zero-order valence-corrected chi connectivity index (χ0v) is 13.2. The lowest BCUT2D eigenvalue weighted by Crippen LogP contribution is -2.22. The minimum atomic E-state index is 0.251. The molecule has 0 aliphatic heterocycles. The zero-order valence-electron chi connectivity index (χ0n) is 11.1. The van der Waals surface area contributed by atoms with Gasteiger partial charge in [0.05, 0.1) is 19.8 Å². The van der Waals surface area contributed by atoms with Crippen LogP contribution in [0.4, 0.5) is 0 Å². The maximum Gasteiger partial charge on any atom is 0.118 e. The monoisotopic (exact) mass is 360 g/mol. The van der Waals surface area contributed by atoms with Gasteiger partial charge >= 0.3 is 0 Å². The summed E-state index contributed by atoms with van der Waals surface area (Å²) in [6, 6.07) is 8.00. The van der Waals surface area contributed by atoms with E-state index in [1.807, 2.05) is 30.3 Å². The number of rotatable bonds is 8. The lowest BCUT2D eigenvalue weighted by atomic mass is 10.0. The Morgan fingerprint density at radius 2 is 2.00 bits per heavy atom. The fraction of sp³-hybridized carbons (Fsp3) is 0.467. The maximum atomic E-state index is 5.98. The van der Waals surface area contributed by atoms with Gasteiger partial charge in [0.15, 0.2) is 0 Å². The molecule has 0 N–H and O–H groups in total. The van der Waals surface area contributed by atoms with Crippen molar-refractivity contribution < 1.29 is 9.47 Å². The Labute approximate surface area is 124 Å². The van der Waals surface area contributed by atoms with Crippen LogP contribution in [0.1, 0.15) is 18.9 Å². The Balaban J connectivity index is 2.52. The molecule has 0 aliphatic rings. The van der Waals surface area contributed by atoms with E-state index in [4.69, 9.17) is 9.47 Å². The molecule has 2 nitrogen and oxygen atoms in total. The molecule has 100 valence electrons. The molecular formula is C15H21IO2. The maximum absolute atomic E-state index is 5.98. The van der Waals surface area contributed by atoms with E-state index in [0.29, 0.717) is 12.5 Å². The minimum Gasteiger partial charge on any atom is -0.497 e. The molecule has 0 heterocycles. The molecule has 0 spiro atoms. The average molecular weight is 360 g/mol. The van der Waals surface area contributed by atoms with E-state index < -0.39 is 0 Å². The summed E-state index contributed by atoms with van der Waals surface area (Å²) in [5, 5.41) is 0. The number of hydrogen-bond acceptors (Lipinski definition) is 2. The minimum absolute atomic E-state index is 0.251. The molecule has 0 aromatic heterocycles. The smallest absolute Gasteiger partial charge is 0.118 e. The predicted octanol–water partition coefficient (Wildman–Crippen LogP) is 4.23. The first-order valence-corrected chi connectivity index (χ1v) is 7.65. The summed E-state index contributed by atoms with van der Waals surface area (Å²) >= 11 is 2.40. The molecule has 1 aromatic carbocycles. The van der Waals surface area contributed by atoms with Crippen molar-refractivity contribution in [1.29, 1.82) is 0 Å². The highest BCUT2D eigenvalue weighted by atomic mass is 127. The fourth-order valence-electron chi connectivity index (χ4n) is 1.65. The second-order valence-electron chi connectivity index (χ2n) is 4.35. The van der Waals surface area contributed by atoms with Crippen molar-refractivity contribution in [3.8, 4) is 5.75 Å². The fourth-order valence-corrected chi connectivity index (χ4v) is 2.22. The van der Waals surface area contributed by atoms with Crippen LogP contribution in [-0.2, 0) is 11.3 Å². The molecule has 18 heavy (non-hydrogen) atoms. The molecular weight excluding hydrogens is 339 g/mol. The Morgan fingerprint density at radius 3 is 2.50 bits per heavy atom. The molecule has 3 heteroatoms. The van der Waals surface area contributed by atoms with Gasteiger partial charge in [-0.05, 0) is 30.0 Å². The van der Waals surface area contributed by atoms with Crippen molar-refractivity contribution in [1.82, 2.24) is 0 Å². The van der Waals surface area contributed by atoms with Crippen LogP contribution in [0.3, 0.4) is 0 Å². The number of hydrogen-bond donors (Lipinski definition) is 0. The number of benzene rings is 1. The third kappa shape index (κ3) is 4.98. The lowest BCUT2D eigenvalue weighted by molar-refractivity contribution is 0.0148. The van der Waals surface area contributed by atoms with E-state index in [-0.39, 0.29) is 6.10 Å². The first kappa shape index (κ1) is 15.5. The number of ether oxygens (including phenoxy) is 2. The highest BCUT2D eigenvalue weighted by Crippen LogP contribution is 2.18. The van der Waals surface area contributed by atoms with Crippen LogP contribution in [0.15, 0.2) is 36.9 Å². The van der Waals surface area contributed by atoms with E-state index in [0.717, 1.165) is 16.6 Å². The molecule has 0 saturated carbocycles. The van der Waals surface area contributed by atoms with Gasteiger partial charge in [-0.2, -0.15) is 0 Å². The number of methoxy groups -OCH3 is 1. The second kappa shape index (κ2) is 8.53. The molecule has 0 amide bonds. The quantitative estimate of drug-likeness (QED) is 0.393. The summed E-state index contributed by atoms with van der Waals surface area (Å²) in [6.45, 7) is 6.66. The Morgan fingerprint density at radius 1 is 1.33 bits per heavy atom. The predicted molar refractivity (Wildman–Crippen MR) is 84.4 cm³/mol. The first-order chi connectivity index (χ1) is 8.71. The van der Waals surface area contributed by atoms with Crippen molar-refractivity contribution in [3.63, 3.8) is 0 Å². The Hall–Kier alpha value is -0.550. The van der Waals surface area contributed by atoms with Crippen molar-refractivity contribution in [2.24, 2.45) is 5.92 Å². The van der Waals surface area contributed by atoms with E-state index in [1.165, 1.54) is 5.56 Å². The Kier molecular flexibility index (Phi) is 7.35. The van der Waals surface area contributed by atoms with E-state index in [2.05, 4.69) is 36.1 Å². The van der Waals surface area contributed by atoms with Crippen LogP contribution >= 0.6 is 22.6 Å². The third-order valence-corrected chi connectivity index (χ3v) is 4.29. The SMILES string of the molecule is C=CC[C@@H](OCc1ccc(OC)cc1)[C@@H](C)CI. The van der Waals surface area contributed by atoms with Gasteiger partial charge in [0.1, 0.15) is 5.75 Å². The third-order valence-electron chi connectivity index (χ3n) is 2.90. The largest absolute Gasteiger partial charge is 0.497 e. The molecule has 1 aromatic rings. The standard InChI is InChI=1S/C15H21IO2/c1-4-5-15(12(2)10-16)18-11-13-6-8-14(17-3)9-7-13/h4,6-9,12,15H,1,5,10-11H2,2-3H3/t12-,15+/m0/s1. The molecule has 0 unspecified atom stereocenters. The molecule has 0 fully saturated rings. The molecule has 1 rings (SSSR count). The topological polar surface area (TPSA) is 18.5 Å². The normalized spacial score (nSPS) is 13.9. The van der Waals surface area contributed by atoms with Gasteiger partial charge in [-0.25, -0.2) is 0 Å². The van der Waals surface area contributed by atoms with Gasteiger partial charge in [-0.3, -0.25) is 0 Å². The molecule has 0 bridgehead atoms. The number of halogens is 1. The molecule has 0 aliphatic carbocycles. The number of alkyl halides is 1. The van der Waals surface area contributed by atoms with Crippen molar-refractivity contribution >= 4 is 22.6 Å². The summed E-state index contributed by atoms with van der Waals surface area (Å²) in [7, 11) is 1.67. The highest BCUT2D eigenvalue weighted by Gasteiger charge is 2.15. The van der Waals surface area contributed by atoms with Crippen molar-refractivity contribution in [3.05, 3.63) is 42.5 Å². The van der Waals surface area contributed by atoms with Gasteiger partial charge < -0.3 is 9.47 Å².